The molecule has 0 amide bonds. The van der Waals surface area contributed by atoms with Crippen LogP contribution in [0.1, 0.15) is 36.5 Å². The van der Waals surface area contributed by atoms with E-state index in [4.69, 9.17) is 0 Å². The SMILES string of the molecule is CCOC(=O)CCCC(=O)c1cc(F)c(F)c(F)c1. The predicted octanol–water partition coefficient (Wildman–Crippen LogP) is 3.02. The molecule has 0 N–H and O–H groups in total. The Hall–Kier alpha value is -1.85. The number of ether oxygens (including phenoxy) is 1. The second kappa shape index (κ2) is 6.92. The first-order chi connectivity index (χ1) is 8.95. The Bertz CT molecular complexity index is 463. The first-order valence-electron chi connectivity index (χ1n) is 5.79. The topological polar surface area (TPSA) is 43.4 Å². The van der Waals surface area contributed by atoms with Gasteiger partial charge in [0.2, 0.25) is 0 Å². The zero-order chi connectivity index (χ0) is 14.4. The van der Waals surface area contributed by atoms with Crippen molar-refractivity contribution in [2.45, 2.75) is 26.2 Å². The average molecular weight is 274 g/mol. The average Bonchev–Trinajstić information content (AvgIpc) is 2.35. The second-order valence-corrected chi connectivity index (χ2v) is 3.84. The molecule has 0 saturated heterocycles. The van der Waals surface area contributed by atoms with E-state index in [0.29, 0.717) is 12.1 Å². The standard InChI is InChI=1S/C13H13F3O3/c1-2-19-12(18)5-3-4-11(17)8-6-9(14)13(16)10(15)7-8/h6-7H,2-5H2,1H3. The molecular formula is C13H13F3O3. The first-order valence-corrected chi connectivity index (χ1v) is 5.79. The summed E-state index contributed by atoms with van der Waals surface area (Å²) in [5, 5.41) is 0. The van der Waals surface area contributed by atoms with Gasteiger partial charge in [-0.1, -0.05) is 0 Å². The van der Waals surface area contributed by atoms with Crippen molar-refractivity contribution in [1.82, 2.24) is 0 Å². The van der Waals surface area contributed by atoms with Gasteiger partial charge in [-0.05, 0) is 25.5 Å². The van der Waals surface area contributed by atoms with E-state index in [0.717, 1.165) is 0 Å². The lowest BCUT2D eigenvalue weighted by molar-refractivity contribution is -0.143. The van der Waals surface area contributed by atoms with E-state index >= 15 is 0 Å². The summed E-state index contributed by atoms with van der Waals surface area (Å²) in [4.78, 5) is 22.6. The molecule has 0 aromatic heterocycles. The van der Waals surface area contributed by atoms with E-state index in [1.54, 1.807) is 6.92 Å². The molecule has 6 heteroatoms. The fraction of sp³-hybridized carbons (Fsp3) is 0.385. The van der Waals surface area contributed by atoms with Crippen molar-refractivity contribution in [3.63, 3.8) is 0 Å². The molecule has 0 aliphatic heterocycles. The molecular weight excluding hydrogens is 261 g/mol. The molecule has 0 atom stereocenters. The third-order valence-electron chi connectivity index (χ3n) is 2.40. The lowest BCUT2D eigenvalue weighted by atomic mass is 10.0. The van der Waals surface area contributed by atoms with E-state index in [9.17, 15) is 22.8 Å². The number of ketones is 1. The number of rotatable bonds is 6. The summed E-state index contributed by atoms with van der Waals surface area (Å²) in [6.45, 7) is 1.91. The summed E-state index contributed by atoms with van der Waals surface area (Å²) in [6.07, 6.45) is 0.188. The van der Waals surface area contributed by atoms with Crippen LogP contribution in [0.3, 0.4) is 0 Å². The van der Waals surface area contributed by atoms with Crippen molar-refractivity contribution in [3.8, 4) is 0 Å². The van der Waals surface area contributed by atoms with Crippen LogP contribution < -0.4 is 0 Å². The van der Waals surface area contributed by atoms with Gasteiger partial charge in [0.05, 0.1) is 6.61 Å². The minimum Gasteiger partial charge on any atom is -0.466 e. The zero-order valence-corrected chi connectivity index (χ0v) is 10.3. The van der Waals surface area contributed by atoms with Crippen LogP contribution in [0.4, 0.5) is 13.2 Å². The minimum atomic E-state index is -1.61. The number of carbonyl (C=O) groups is 2. The number of hydrogen-bond acceptors (Lipinski definition) is 3. The number of benzene rings is 1. The van der Waals surface area contributed by atoms with Gasteiger partial charge in [-0.2, -0.15) is 0 Å². The summed E-state index contributed by atoms with van der Waals surface area (Å²) in [5.74, 6) is -5.42. The predicted molar refractivity (Wildman–Crippen MR) is 61.1 cm³/mol. The van der Waals surface area contributed by atoms with Gasteiger partial charge in [-0.15, -0.1) is 0 Å². The molecule has 1 rings (SSSR count). The van der Waals surface area contributed by atoms with Gasteiger partial charge in [-0.25, -0.2) is 13.2 Å². The summed E-state index contributed by atoms with van der Waals surface area (Å²) in [6, 6.07) is 1.29. The van der Waals surface area contributed by atoms with Crippen LogP contribution in [0.5, 0.6) is 0 Å². The summed E-state index contributed by atoms with van der Waals surface area (Å²) >= 11 is 0. The van der Waals surface area contributed by atoms with Crippen molar-refractivity contribution in [2.75, 3.05) is 6.61 Å². The largest absolute Gasteiger partial charge is 0.466 e. The maximum Gasteiger partial charge on any atom is 0.305 e. The van der Waals surface area contributed by atoms with Gasteiger partial charge in [0.15, 0.2) is 23.2 Å². The van der Waals surface area contributed by atoms with Crippen LogP contribution in [-0.2, 0) is 9.53 Å². The molecule has 1 aromatic carbocycles. The fourth-order valence-electron chi connectivity index (χ4n) is 1.49. The Morgan fingerprint density at radius 1 is 1.11 bits per heavy atom. The van der Waals surface area contributed by atoms with Crippen LogP contribution in [0.15, 0.2) is 12.1 Å². The monoisotopic (exact) mass is 274 g/mol. The van der Waals surface area contributed by atoms with Gasteiger partial charge in [0.25, 0.3) is 0 Å². The van der Waals surface area contributed by atoms with Crippen LogP contribution >= 0.6 is 0 Å². The third-order valence-corrected chi connectivity index (χ3v) is 2.40. The molecule has 0 saturated carbocycles. The Morgan fingerprint density at radius 2 is 1.68 bits per heavy atom. The lowest BCUT2D eigenvalue weighted by Gasteiger charge is -2.03. The Kier molecular flexibility index (Phi) is 5.54. The number of Topliss-reactive ketones (excluding diaryl/α,β-unsaturated/α-hetero) is 1. The first kappa shape index (κ1) is 15.2. The van der Waals surface area contributed by atoms with E-state index in [1.807, 2.05) is 0 Å². The van der Waals surface area contributed by atoms with Crippen molar-refractivity contribution in [1.29, 1.82) is 0 Å². The van der Waals surface area contributed by atoms with Crippen LogP contribution in [-0.4, -0.2) is 18.4 Å². The zero-order valence-electron chi connectivity index (χ0n) is 10.3. The fourth-order valence-corrected chi connectivity index (χ4v) is 1.49. The van der Waals surface area contributed by atoms with E-state index in [2.05, 4.69) is 4.74 Å². The number of hydrogen-bond donors (Lipinski definition) is 0. The molecule has 1 aromatic rings. The normalized spacial score (nSPS) is 10.3. The minimum absolute atomic E-state index is 0.0474. The lowest BCUT2D eigenvalue weighted by Crippen LogP contribution is -2.07. The van der Waals surface area contributed by atoms with Crippen LogP contribution in [0.25, 0.3) is 0 Å². The molecule has 19 heavy (non-hydrogen) atoms. The van der Waals surface area contributed by atoms with Crippen molar-refractivity contribution < 1.29 is 27.5 Å². The highest BCUT2D eigenvalue weighted by molar-refractivity contribution is 5.96. The Balaban J connectivity index is 2.57. The number of esters is 1. The van der Waals surface area contributed by atoms with Crippen molar-refractivity contribution in [2.24, 2.45) is 0 Å². The Morgan fingerprint density at radius 3 is 2.21 bits per heavy atom. The molecule has 104 valence electrons. The Labute approximate surface area is 108 Å². The molecule has 0 aliphatic rings. The van der Waals surface area contributed by atoms with Crippen molar-refractivity contribution in [3.05, 3.63) is 35.1 Å². The van der Waals surface area contributed by atoms with Crippen LogP contribution in [0, 0.1) is 17.5 Å². The molecule has 0 fully saturated rings. The van der Waals surface area contributed by atoms with Gasteiger partial charge < -0.3 is 4.74 Å². The molecule has 3 nitrogen and oxygen atoms in total. The number of halogens is 3. The van der Waals surface area contributed by atoms with Gasteiger partial charge >= 0.3 is 5.97 Å². The van der Waals surface area contributed by atoms with E-state index in [1.165, 1.54) is 0 Å². The smallest absolute Gasteiger partial charge is 0.305 e. The molecule has 0 radical (unpaired) electrons. The molecule has 0 heterocycles. The summed E-state index contributed by atoms with van der Waals surface area (Å²) in [7, 11) is 0. The maximum atomic E-state index is 12.9. The van der Waals surface area contributed by atoms with E-state index in [-0.39, 0.29) is 31.4 Å². The molecule has 0 unspecified atom stereocenters. The van der Waals surface area contributed by atoms with Gasteiger partial charge in [0.1, 0.15) is 0 Å². The maximum absolute atomic E-state index is 12.9. The van der Waals surface area contributed by atoms with Gasteiger partial charge in [0, 0.05) is 18.4 Å². The third kappa shape index (κ3) is 4.39. The van der Waals surface area contributed by atoms with Gasteiger partial charge in [-0.3, -0.25) is 9.59 Å². The summed E-state index contributed by atoms with van der Waals surface area (Å²) in [5.41, 5.74) is -0.250. The molecule has 0 bridgehead atoms. The van der Waals surface area contributed by atoms with E-state index < -0.39 is 29.2 Å². The highest BCUT2D eigenvalue weighted by atomic mass is 19.2. The quantitative estimate of drug-likeness (QED) is 0.455. The van der Waals surface area contributed by atoms with Crippen molar-refractivity contribution >= 4 is 11.8 Å². The summed E-state index contributed by atoms with van der Waals surface area (Å²) < 4.78 is 43.2. The highest BCUT2D eigenvalue weighted by Crippen LogP contribution is 2.16. The molecule has 0 aliphatic carbocycles. The molecule has 0 spiro atoms. The second-order valence-electron chi connectivity index (χ2n) is 3.84. The number of carbonyl (C=O) groups excluding carboxylic acids is 2. The van der Waals surface area contributed by atoms with Crippen LogP contribution in [0.2, 0.25) is 0 Å². The highest BCUT2D eigenvalue weighted by Gasteiger charge is 2.15.